The van der Waals surface area contributed by atoms with Crippen LogP contribution in [0.25, 0.3) is 0 Å². The average Bonchev–Trinajstić information content (AvgIpc) is 2.56. The molecule has 0 atom stereocenters. The van der Waals surface area contributed by atoms with E-state index in [2.05, 4.69) is 41.8 Å². The summed E-state index contributed by atoms with van der Waals surface area (Å²) in [7, 11) is 0. The second-order valence-electron chi connectivity index (χ2n) is 5.84. The Balaban J connectivity index is 1.29. The molecular formula is C16H20N6. The zero-order valence-corrected chi connectivity index (χ0v) is 12.5. The topological polar surface area (TPSA) is 48.4 Å². The van der Waals surface area contributed by atoms with Crippen molar-refractivity contribution in [3.05, 3.63) is 43.0 Å². The van der Waals surface area contributed by atoms with Crippen LogP contribution >= 0.6 is 0 Å². The molecule has 114 valence electrons. The number of rotatable bonds is 3. The molecule has 2 saturated heterocycles. The maximum Gasteiger partial charge on any atom is 0.132 e. The summed E-state index contributed by atoms with van der Waals surface area (Å²) >= 11 is 0. The van der Waals surface area contributed by atoms with Gasteiger partial charge in [-0.05, 0) is 18.2 Å². The van der Waals surface area contributed by atoms with Gasteiger partial charge in [0.15, 0.2) is 0 Å². The number of nitrogens with zero attached hydrogens (tertiary/aromatic N) is 6. The highest BCUT2D eigenvalue weighted by molar-refractivity contribution is 5.41. The lowest BCUT2D eigenvalue weighted by atomic mass is 10.1. The Labute approximate surface area is 130 Å². The van der Waals surface area contributed by atoms with E-state index < -0.39 is 0 Å². The van der Waals surface area contributed by atoms with Crippen molar-refractivity contribution in [1.29, 1.82) is 0 Å². The Kier molecular flexibility index (Phi) is 3.60. The van der Waals surface area contributed by atoms with Gasteiger partial charge in [-0.3, -0.25) is 4.90 Å². The predicted octanol–water partition coefficient (Wildman–Crippen LogP) is 0.882. The standard InChI is InChI=1S/C16H20N6/c1-2-5-18-15(3-1)21-9-7-20(8-10-21)14-11-22(12-14)16-4-6-17-13-19-16/h1-6,13-14H,7-12H2. The second kappa shape index (κ2) is 5.88. The molecule has 0 saturated carbocycles. The van der Waals surface area contributed by atoms with Gasteiger partial charge in [0.25, 0.3) is 0 Å². The molecule has 6 nitrogen and oxygen atoms in total. The van der Waals surface area contributed by atoms with Crippen molar-refractivity contribution in [3.63, 3.8) is 0 Å². The molecular weight excluding hydrogens is 276 g/mol. The van der Waals surface area contributed by atoms with Crippen molar-refractivity contribution in [2.24, 2.45) is 0 Å². The quantitative estimate of drug-likeness (QED) is 0.838. The third-order valence-corrected chi connectivity index (χ3v) is 4.56. The van der Waals surface area contributed by atoms with E-state index in [4.69, 9.17) is 0 Å². The molecule has 4 heterocycles. The van der Waals surface area contributed by atoms with Gasteiger partial charge in [0.1, 0.15) is 18.0 Å². The Morgan fingerprint density at radius 1 is 0.818 bits per heavy atom. The van der Waals surface area contributed by atoms with Gasteiger partial charge in [0.2, 0.25) is 0 Å². The summed E-state index contributed by atoms with van der Waals surface area (Å²) in [6.45, 7) is 6.47. The molecule has 2 aliphatic heterocycles. The number of hydrogen-bond acceptors (Lipinski definition) is 6. The van der Waals surface area contributed by atoms with Crippen LogP contribution in [0.4, 0.5) is 11.6 Å². The van der Waals surface area contributed by atoms with Crippen LogP contribution < -0.4 is 9.80 Å². The average molecular weight is 296 g/mol. The first-order valence-electron chi connectivity index (χ1n) is 7.81. The molecule has 0 radical (unpaired) electrons. The molecule has 2 fully saturated rings. The highest BCUT2D eigenvalue weighted by Crippen LogP contribution is 2.23. The molecule has 0 N–H and O–H groups in total. The summed E-state index contributed by atoms with van der Waals surface area (Å²) in [5.41, 5.74) is 0. The van der Waals surface area contributed by atoms with E-state index in [1.807, 2.05) is 18.3 Å². The lowest BCUT2D eigenvalue weighted by molar-refractivity contribution is 0.156. The molecule has 2 aromatic heterocycles. The lowest BCUT2D eigenvalue weighted by Gasteiger charge is -2.48. The van der Waals surface area contributed by atoms with Gasteiger partial charge in [-0.2, -0.15) is 0 Å². The van der Waals surface area contributed by atoms with Crippen molar-refractivity contribution in [2.45, 2.75) is 6.04 Å². The number of anilines is 2. The van der Waals surface area contributed by atoms with Gasteiger partial charge in [0.05, 0.1) is 0 Å². The van der Waals surface area contributed by atoms with Crippen LogP contribution in [0.3, 0.4) is 0 Å². The monoisotopic (exact) mass is 296 g/mol. The molecule has 0 bridgehead atoms. The zero-order valence-electron chi connectivity index (χ0n) is 12.5. The summed E-state index contributed by atoms with van der Waals surface area (Å²) < 4.78 is 0. The highest BCUT2D eigenvalue weighted by atomic mass is 15.4. The number of aromatic nitrogens is 3. The molecule has 2 aliphatic rings. The van der Waals surface area contributed by atoms with Crippen LogP contribution in [0.2, 0.25) is 0 Å². The van der Waals surface area contributed by atoms with Crippen molar-refractivity contribution >= 4 is 11.6 Å². The summed E-state index contributed by atoms with van der Waals surface area (Å²) in [4.78, 5) is 20.0. The fourth-order valence-corrected chi connectivity index (χ4v) is 3.20. The van der Waals surface area contributed by atoms with Crippen LogP contribution in [0.5, 0.6) is 0 Å². The van der Waals surface area contributed by atoms with E-state index in [-0.39, 0.29) is 0 Å². The smallest absolute Gasteiger partial charge is 0.132 e. The first kappa shape index (κ1) is 13.5. The van der Waals surface area contributed by atoms with Crippen LogP contribution in [0.15, 0.2) is 43.0 Å². The van der Waals surface area contributed by atoms with Gasteiger partial charge in [-0.1, -0.05) is 6.07 Å². The first-order chi connectivity index (χ1) is 10.9. The van der Waals surface area contributed by atoms with E-state index >= 15 is 0 Å². The van der Waals surface area contributed by atoms with Crippen LogP contribution in [-0.2, 0) is 0 Å². The van der Waals surface area contributed by atoms with Crippen molar-refractivity contribution < 1.29 is 0 Å². The second-order valence-corrected chi connectivity index (χ2v) is 5.84. The summed E-state index contributed by atoms with van der Waals surface area (Å²) in [6.07, 6.45) is 5.29. The largest absolute Gasteiger partial charge is 0.354 e. The molecule has 2 aromatic rings. The number of hydrogen-bond donors (Lipinski definition) is 0. The Morgan fingerprint density at radius 2 is 1.64 bits per heavy atom. The Hall–Kier alpha value is -2.21. The van der Waals surface area contributed by atoms with Gasteiger partial charge in [-0.15, -0.1) is 0 Å². The summed E-state index contributed by atoms with van der Waals surface area (Å²) in [5.74, 6) is 2.14. The van der Waals surface area contributed by atoms with Crippen molar-refractivity contribution in [1.82, 2.24) is 19.9 Å². The summed E-state index contributed by atoms with van der Waals surface area (Å²) in [6, 6.07) is 8.75. The maximum atomic E-state index is 4.44. The minimum atomic E-state index is 0.654. The lowest BCUT2D eigenvalue weighted by Crippen LogP contribution is -2.63. The molecule has 0 aromatic carbocycles. The van der Waals surface area contributed by atoms with Crippen LogP contribution in [-0.4, -0.2) is 65.2 Å². The predicted molar refractivity (Wildman–Crippen MR) is 86.1 cm³/mol. The molecule has 0 amide bonds. The third-order valence-electron chi connectivity index (χ3n) is 4.56. The van der Waals surface area contributed by atoms with Crippen LogP contribution in [0.1, 0.15) is 0 Å². The van der Waals surface area contributed by atoms with Gasteiger partial charge in [0, 0.05) is 57.7 Å². The SMILES string of the molecule is c1ccc(N2CCN(C3CN(c4ccncn4)C3)CC2)nc1. The van der Waals surface area contributed by atoms with Gasteiger partial charge in [-0.25, -0.2) is 15.0 Å². The zero-order chi connectivity index (χ0) is 14.8. The first-order valence-corrected chi connectivity index (χ1v) is 7.81. The number of piperazine rings is 1. The summed E-state index contributed by atoms with van der Waals surface area (Å²) in [5, 5.41) is 0. The van der Waals surface area contributed by atoms with E-state index in [1.165, 1.54) is 0 Å². The van der Waals surface area contributed by atoms with E-state index in [1.54, 1.807) is 12.5 Å². The van der Waals surface area contributed by atoms with Crippen molar-refractivity contribution in [2.75, 3.05) is 49.1 Å². The minimum absolute atomic E-state index is 0.654. The fourth-order valence-electron chi connectivity index (χ4n) is 3.20. The maximum absolute atomic E-state index is 4.44. The fraction of sp³-hybridized carbons (Fsp3) is 0.438. The normalized spacial score (nSPS) is 20.0. The Morgan fingerprint density at radius 3 is 2.32 bits per heavy atom. The van der Waals surface area contributed by atoms with Gasteiger partial charge < -0.3 is 9.80 Å². The minimum Gasteiger partial charge on any atom is -0.354 e. The molecule has 4 rings (SSSR count). The van der Waals surface area contributed by atoms with Crippen LogP contribution in [0, 0.1) is 0 Å². The third kappa shape index (κ3) is 2.62. The van der Waals surface area contributed by atoms with Gasteiger partial charge >= 0.3 is 0 Å². The molecule has 0 unspecified atom stereocenters. The van der Waals surface area contributed by atoms with Crippen molar-refractivity contribution in [3.8, 4) is 0 Å². The number of pyridine rings is 1. The highest BCUT2D eigenvalue weighted by Gasteiger charge is 2.34. The molecule has 0 spiro atoms. The molecule has 6 heteroatoms. The van der Waals surface area contributed by atoms with E-state index in [0.29, 0.717) is 6.04 Å². The molecule has 0 aliphatic carbocycles. The molecule has 22 heavy (non-hydrogen) atoms. The van der Waals surface area contributed by atoms with E-state index in [9.17, 15) is 0 Å². The Bertz CT molecular complexity index is 591. The van der Waals surface area contributed by atoms with E-state index in [0.717, 1.165) is 50.9 Å².